The van der Waals surface area contributed by atoms with Crippen LogP contribution >= 0.6 is 0 Å². The number of nitrogens with one attached hydrogen (secondary N) is 12. The molecule has 8 heterocycles. The van der Waals surface area contributed by atoms with Gasteiger partial charge in [0, 0.05) is 202 Å². The fourth-order valence-electron chi connectivity index (χ4n) is 11.8. The van der Waals surface area contributed by atoms with Crippen LogP contribution < -0.4 is 69.5 Å². The second-order valence-corrected chi connectivity index (χ2v) is 27.8. The van der Waals surface area contributed by atoms with Crippen LogP contribution in [0.3, 0.4) is 0 Å². The SMILES string of the molecule is CCN(CCN(C)CCOCCOCCOCCOCCOCCNC(=O)CCNC(=O)c1nc(NC(=O)c2cc(NC(=O)CCNC(=O)c3nc(NC(=O)CCCNC(=O)c4cc(NC(=O)c5nc(NC(=O)CCNC(=O)c6cc(NC(=O)c7nccn7C)cn6C)cn5C)cn4C)cn3C)cn2C)cn1C)C(=O)CNCc1cc(C(N)=O)ccn1. The predicted octanol–water partition coefficient (Wildman–Crippen LogP) is -0.558. The Bertz CT molecular complexity index is 4930. The largest absolute Gasteiger partial charge is 0.378 e. The summed E-state index contributed by atoms with van der Waals surface area (Å²) in [5.74, 6) is -5.92. The number of aromatic nitrogens is 12. The number of aryl methyl sites for hydroxylation is 7. The minimum atomic E-state index is -0.641. The molecular weight excluding hydrogens is 1590 g/mol. The van der Waals surface area contributed by atoms with Gasteiger partial charge in [-0.25, -0.2) is 19.9 Å². The third kappa shape index (κ3) is 30.5. The Labute approximate surface area is 702 Å². The quantitative estimate of drug-likeness (QED) is 0.0213. The number of primary amides is 1. The third-order valence-electron chi connectivity index (χ3n) is 18.2. The maximum Gasteiger partial charge on any atom is 0.291 e. The molecule has 0 spiro atoms. The average molecular weight is 1700 g/mol. The molecule has 658 valence electrons. The first-order valence-corrected chi connectivity index (χ1v) is 39.1. The van der Waals surface area contributed by atoms with Gasteiger partial charge in [0.05, 0.1) is 95.4 Å². The zero-order chi connectivity index (χ0) is 88.2. The number of amides is 13. The van der Waals surface area contributed by atoms with E-state index in [4.69, 9.17) is 29.4 Å². The first-order chi connectivity index (χ1) is 58.5. The standard InChI is InChI=1S/C77H107N27O18/c1-10-104(65(109)43-79-42-51-38-50(66(78)110)13-18-80-51)26-25-96(2)27-29-119-31-33-121-35-37-122-36-34-120-32-30-118-28-23-81-61(105)14-19-85-75(115)69-94-60(49-102(69)8)95-73(113)57-39-52(44-100(57)6)87-63(107)15-21-86-74(114)68-92-58(47-101(68)7)90-62(106)12-11-17-83-71(111)55-41-54(46-98(55)4)89-77(117)70-93-59(48-103(70)9)91-64(108)16-20-84-72(112)56-40-53(45-99(56)5)88-76(116)67-82-22-24-97(67)3/h13,18,22,24,38-41,44-49,79H,10-12,14-17,19-21,23,25-37,42-43H2,1-9H3,(H2,78,110)(H,81,105)(H,83,111)(H,84,112)(H,85,115)(H,86,114)(H,87,107)(H,88,116)(H,89,117)(H,90,106)(H,91,108)(H,95,113). The highest BCUT2D eigenvalue weighted by Crippen LogP contribution is 2.20. The molecule has 0 bridgehead atoms. The van der Waals surface area contributed by atoms with Crippen LogP contribution in [0, 0.1) is 0 Å². The molecule has 45 nitrogen and oxygen atoms in total. The molecule has 0 unspecified atom stereocenters. The number of likely N-dealkylation sites (N-methyl/N-ethyl adjacent to an activating group) is 2. The van der Waals surface area contributed by atoms with Crippen molar-refractivity contribution in [2.45, 2.75) is 45.6 Å². The van der Waals surface area contributed by atoms with Gasteiger partial charge >= 0.3 is 0 Å². The smallest absolute Gasteiger partial charge is 0.291 e. The van der Waals surface area contributed by atoms with Gasteiger partial charge in [0.2, 0.25) is 52.9 Å². The highest BCUT2D eigenvalue weighted by atomic mass is 16.6. The van der Waals surface area contributed by atoms with Crippen LogP contribution in [-0.2, 0) is 104 Å². The predicted molar refractivity (Wildman–Crippen MR) is 443 cm³/mol. The number of carbonyl (C=O) groups is 13. The molecule has 8 rings (SSSR count). The van der Waals surface area contributed by atoms with Crippen LogP contribution in [0.5, 0.6) is 0 Å². The molecule has 0 aromatic carbocycles. The highest BCUT2D eigenvalue weighted by molar-refractivity contribution is 6.06. The van der Waals surface area contributed by atoms with E-state index in [0.29, 0.717) is 109 Å². The van der Waals surface area contributed by atoms with Crippen molar-refractivity contribution < 1.29 is 86.0 Å². The number of ether oxygens (including phenoxy) is 5. The molecule has 8 aromatic heterocycles. The summed E-state index contributed by atoms with van der Waals surface area (Å²) in [6.07, 6.45) is 13.4. The molecule has 0 saturated carbocycles. The van der Waals surface area contributed by atoms with Crippen molar-refractivity contribution in [3.05, 3.63) is 138 Å². The Kier molecular flexibility index (Phi) is 37.1. The lowest BCUT2D eigenvalue weighted by atomic mass is 10.2. The molecular formula is C77H107N27O18. The van der Waals surface area contributed by atoms with Gasteiger partial charge in [-0.05, 0) is 50.7 Å². The number of nitrogens with two attached hydrogens (primary N) is 1. The maximum absolute atomic E-state index is 13.4. The highest BCUT2D eigenvalue weighted by Gasteiger charge is 2.24. The Morgan fingerprint density at radius 1 is 0.402 bits per heavy atom. The lowest BCUT2D eigenvalue weighted by Gasteiger charge is -2.24. The van der Waals surface area contributed by atoms with Crippen LogP contribution in [0.1, 0.15) is 129 Å². The van der Waals surface area contributed by atoms with Crippen LogP contribution in [0.15, 0.2) is 86.1 Å². The molecule has 14 N–H and O–H groups in total. The molecule has 0 aliphatic heterocycles. The number of pyridine rings is 1. The second kappa shape index (κ2) is 48.0. The van der Waals surface area contributed by atoms with Crippen LogP contribution in [0.4, 0.5) is 34.5 Å². The summed E-state index contributed by atoms with van der Waals surface area (Å²) in [7, 11) is 13.1. The lowest BCUT2D eigenvalue weighted by molar-refractivity contribution is -0.130. The van der Waals surface area contributed by atoms with E-state index in [0.717, 1.165) is 0 Å². The van der Waals surface area contributed by atoms with Gasteiger partial charge in [-0.1, -0.05) is 0 Å². The van der Waals surface area contributed by atoms with Gasteiger partial charge in [0.25, 0.3) is 41.4 Å². The number of carbonyl (C=O) groups excluding carboxylic acids is 13. The van der Waals surface area contributed by atoms with E-state index in [1.54, 1.807) is 83.3 Å². The molecule has 8 aromatic rings. The van der Waals surface area contributed by atoms with Gasteiger partial charge in [0.15, 0.2) is 23.3 Å². The van der Waals surface area contributed by atoms with E-state index in [-0.39, 0.29) is 159 Å². The molecule has 0 fully saturated rings. The molecule has 0 aliphatic carbocycles. The second-order valence-electron chi connectivity index (χ2n) is 27.8. The Morgan fingerprint density at radius 2 is 0.844 bits per heavy atom. The van der Waals surface area contributed by atoms with Crippen molar-refractivity contribution >= 4 is 111 Å². The van der Waals surface area contributed by atoms with Crippen LogP contribution in [0.25, 0.3) is 0 Å². The van der Waals surface area contributed by atoms with Gasteiger partial charge in [-0.3, -0.25) is 67.3 Å². The van der Waals surface area contributed by atoms with Crippen molar-refractivity contribution in [2.75, 3.05) is 170 Å². The van der Waals surface area contributed by atoms with E-state index >= 15 is 0 Å². The van der Waals surface area contributed by atoms with Gasteiger partial charge in [0.1, 0.15) is 17.1 Å². The topological polar surface area (TPSA) is 544 Å². The zero-order valence-electron chi connectivity index (χ0n) is 69.7. The van der Waals surface area contributed by atoms with Crippen LogP contribution in [-0.4, -0.2) is 282 Å². The zero-order valence-corrected chi connectivity index (χ0v) is 69.7. The summed E-state index contributed by atoms with van der Waals surface area (Å²) in [5.41, 5.74) is 7.81. The van der Waals surface area contributed by atoms with Gasteiger partial charge < -0.3 is 135 Å². The fourth-order valence-corrected chi connectivity index (χ4v) is 11.8. The average Bonchev–Trinajstić information content (AvgIpc) is 1.68. The van der Waals surface area contributed by atoms with E-state index in [1.165, 1.54) is 89.0 Å². The minimum absolute atomic E-state index is 0.00419. The molecule has 0 aliphatic rings. The van der Waals surface area contributed by atoms with Crippen molar-refractivity contribution in [1.29, 1.82) is 0 Å². The molecule has 0 radical (unpaired) electrons. The van der Waals surface area contributed by atoms with Crippen molar-refractivity contribution in [1.82, 2.24) is 98.6 Å². The molecule has 45 heteroatoms. The molecule has 0 saturated heterocycles. The Balaban J connectivity index is 0.603. The number of imidazole rings is 4. The van der Waals surface area contributed by atoms with E-state index in [9.17, 15) is 62.3 Å². The fraction of sp³-hybridized carbons (Fsp3) is 0.455. The number of hydrogen-bond acceptors (Lipinski definition) is 25. The number of rotatable bonds is 53. The third-order valence-corrected chi connectivity index (χ3v) is 18.2. The summed E-state index contributed by atoms with van der Waals surface area (Å²) < 4.78 is 38.2. The monoisotopic (exact) mass is 1700 g/mol. The van der Waals surface area contributed by atoms with Crippen molar-refractivity contribution in [2.24, 2.45) is 55.1 Å². The Hall–Kier alpha value is -13.3. The van der Waals surface area contributed by atoms with Gasteiger partial charge in [-0.2, -0.15) is 0 Å². The molecule has 13 amide bonds. The molecule has 0 atom stereocenters. The lowest BCUT2D eigenvalue weighted by Crippen LogP contribution is -2.42. The van der Waals surface area contributed by atoms with E-state index < -0.39 is 65.0 Å². The van der Waals surface area contributed by atoms with E-state index in [1.807, 2.05) is 14.0 Å². The number of nitrogens with zero attached hydrogens (tertiary/aromatic N) is 14. The van der Waals surface area contributed by atoms with Crippen LogP contribution in [0.2, 0.25) is 0 Å². The van der Waals surface area contributed by atoms with E-state index in [2.05, 4.69) is 93.6 Å². The van der Waals surface area contributed by atoms with Crippen molar-refractivity contribution in [3.63, 3.8) is 0 Å². The molecule has 122 heavy (non-hydrogen) atoms. The van der Waals surface area contributed by atoms with Crippen molar-refractivity contribution in [3.8, 4) is 0 Å². The summed E-state index contributed by atoms with van der Waals surface area (Å²) >= 11 is 0. The summed E-state index contributed by atoms with van der Waals surface area (Å²) in [6.45, 7) is 8.90. The summed E-state index contributed by atoms with van der Waals surface area (Å²) in [6, 6.07) is 7.52. The Morgan fingerprint density at radius 3 is 1.35 bits per heavy atom. The summed E-state index contributed by atoms with van der Waals surface area (Å²) in [5, 5.41) is 32.5. The number of hydrogen-bond donors (Lipinski definition) is 13. The first kappa shape index (κ1) is 94.1. The van der Waals surface area contributed by atoms with Gasteiger partial charge in [-0.15, -0.1) is 0 Å². The normalized spacial score (nSPS) is 11.1. The number of anilines is 6. The summed E-state index contributed by atoms with van der Waals surface area (Å²) in [4.78, 5) is 192. The first-order valence-electron chi connectivity index (χ1n) is 39.1. The minimum Gasteiger partial charge on any atom is -0.378 e. The maximum atomic E-state index is 13.4.